The Morgan fingerprint density at radius 2 is 1.20 bits per heavy atom. The molecule has 0 amide bonds. The monoisotopic (exact) mass is 272 g/mol. The van der Waals surface area contributed by atoms with Gasteiger partial charge >= 0.3 is 18.9 Å². The molecule has 112 valence electrons. The maximum absolute atomic E-state index is 3.71. The van der Waals surface area contributed by atoms with Gasteiger partial charge in [-0.1, -0.05) is 12.2 Å². The molecule has 2 aliphatic carbocycles. The van der Waals surface area contributed by atoms with Crippen LogP contribution >= 0.6 is 0 Å². The molecule has 0 heterocycles. The zero-order chi connectivity index (χ0) is 14.3. The van der Waals surface area contributed by atoms with Crippen molar-refractivity contribution in [3.63, 3.8) is 0 Å². The van der Waals surface area contributed by atoms with Crippen LogP contribution in [0.1, 0.15) is 49.4 Å². The Labute approximate surface area is 139 Å². The zero-order valence-electron chi connectivity index (χ0n) is 15.6. The molecule has 1 saturated carbocycles. The SMILES string of the molecule is CC(C)(C)NCC1C2C=CC(C2)C1CNC(C)(C)C.[H-].[Li+]. The van der Waals surface area contributed by atoms with E-state index in [2.05, 4.69) is 64.3 Å². The molecule has 0 spiro atoms. The van der Waals surface area contributed by atoms with E-state index >= 15 is 0 Å². The van der Waals surface area contributed by atoms with E-state index in [-0.39, 0.29) is 31.4 Å². The van der Waals surface area contributed by atoms with Gasteiger partial charge in [0.05, 0.1) is 0 Å². The van der Waals surface area contributed by atoms with Crippen molar-refractivity contribution in [2.75, 3.05) is 13.1 Å². The molecule has 0 aliphatic heterocycles. The van der Waals surface area contributed by atoms with E-state index in [1.807, 2.05) is 0 Å². The first kappa shape index (κ1) is 18.3. The van der Waals surface area contributed by atoms with Crippen LogP contribution in [0.3, 0.4) is 0 Å². The van der Waals surface area contributed by atoms with E-state index in [1.165, 1.54) is 6.42 Å². The van der Waals surface area contributed by atoms with Crippen molar-refractivity contribution in [1.29, 1.82) is 0 Å². The van der Waals surface area contributed by atoms with Gasteiger partial charge in [0.25, 0.3) is 0 Å². The molecule has 0 saturated heterocycles. The molecule has 4 atom stereocenters. The maximum atomic E-state index is 3.71. The fourth-order valence-electron chi connectivity index (χ4n) is 3.48. The third kappa shape index (κ3) is 4.92. The summed E-state index contributed by atoms with van der Waals surface area (Å²) in [6.07, 6.45) is 6.31. The molecule has 0 aromatic carbocycles. The number of hydrogen-bond donors (Lipinski definition) is 2. The molecule has 20 heavy (non-hydrogen) atoms. The fourth-order valence-corrected chi connectivity index (χ4v) is 3.48. The molecule has 2 nitrogen and oxygen atoms in total. The molecule has 2 bridgehead atoms. The molecule has 2 rings (SSSR count). The van der Waals surface area contributed by atoms with Crippen molar-refractivity contribution >= 4 is 0 Å². The van der Waals surface area contributed by atoms with Crippen LogP contribution in [-0.4, -0.2) is 24.2 Å². The van der Waals surface area contributed by atoms with Crippen LogP contribution in [0.25, 0.3) is 0 Å². The van der Waals surface area contributed by atoms with Crippen LogP contribution < -0.4 is 29.5 Å². The molecule has 2 N–H and O–H groups in total. The molecule has 0 aromatic heterocycles. The van der Waals surface area contributed by atoms with E-state index in [1.54, 1.807) is 0 Å². The summed E-state index contributed by atoms with van der Waals surface area (Å²) in [7, 11) is 0. The predicted molar refractivity (Wildman–Crippen MR) is 84.3 cm³/mol. The van der Waals surface area contributed by atoms with Crippen molar-refractivity contribution in [2.45, 2.75) is 59.0 Å². The Morgan fingerprint density at radius 3 is 1.50 bits per heavy atom. The number of fused-ring (bicyclic) bond motifs is 2. The Morgan fingerprint density at radius 1 is 0.850 bits per heavy atom. The summed E-state index contributed by atoms with van der Waals surface area (Å²) in [5.41, 5.74) is 0.459. The van der Waals surface area contributed by atoms with Crippen LogP contribution in [0.2, 0.25) is 0 Å². The molecular formula is C17H33LiN2. The Balaban J connectivity index is 0.00000200. The van der Waals surface area contributed by atoms with Crippen molar-refractivity contribution in [3.8, 4) is 0 Å². The molecule has 0 radical (unpaired) electrons. The molecule has 4 unspecified atom stereocenters. The Bertz CT molecular complexity index is 312. The Kier molecular flexibility index (Phi) is 6.01. The summed E-state index contributed by atoms with van der Waals surface area (Å²) in [5, 5.41) is 7.43. The number of nitrogens with one attached hydrogen (secondary N) is 2. The van der Waals surface area contributed by atoms with E-state index in [4.69, 9.17) is 0 Å². The Hall–Kier alpha value is 0.257. The average molecular weight is 272 g/mol. The number of hydrogen-bond acceptors (Lipinski definition) is 2. The van der Waals surface area contributed by atoms with Gasteiger partial charge < -0.3 is 12.1 Å². The molecular weight excluding hydrogens is 239 g/mol. The van der Waals surface area contributed by atoms with Crippen LogP contribution in [0.15, 0.2) is 12.2 Å². The fraction of sp³-hybridized carbons (Fsp3) is 0.882. The molecule has 1 fully saturated rings. The summed E-state index contributed by atoms with van der Waals surface area (Å²) in [5.74, 6) is 3.24. The van der Waals surface area contributed by atoms with Gasteiger partial charge in [-0.15, -0.1) is 0 Å². The summed E-state index contributed by atoms with van der Waals surface area (Å²) in [4.78, 5) is 0. The topological polar surface area (TPSA) is 24.1 Å². The van der Waals surface area contributed by atoms with Crippen molar-refractivity contribution in [2.24, 2.45) is 23.7 Å². The zero-order valence-corrected chi connectivity index (χ0v) is 14.6. The van der Waals surface area contributed by atoms with Crippen LogP contribution in [0.4, 0.5) is 0 Å². The van der Waals surface area contributed by atoms with Crippen LogP contribution in [-0.2, 0) is 0 Å². The summed E-state index contributed by atoms with van der Waals surface area (Å²) in [6, 6.07) is 0. The number of allylic oxidation sites excluding steroid dienone is 2. The predicted octanol–water partition coefficient (Wildman–Crippen LogP) is 0.317. The molecule has 2 aliphatic rings. The van der Waals surface area contributed by atoms with Gasteiger partial charge in [0, 0.05) is 11.1 Å². The van der Waals surface area contributed by atoms with Crippen LogP contribution in [0.5, 0.6) is 0 Å². The minimum Gasteiger partial charge on any atom is -1.00 e. The third-order valence-corrected chi connectivity index (χ3v) is 4.54. The van der Waals surface area contributed by atoms with Crippen molar-refractivity contribution in [1.82, 2.24) is 10.6 Å². The van der Waals surface area contributed by atoms with Crippen molar-refractivity contribution in [3.05, 3.63) is 12.2 Å². The van der Waals surface area contributed by atoms with E-state index in [0.29, 0.717) is 0 Å². The van der Waals surface area contributed by atoms with Gasteiger partial charge in [-0.3, -0.25) is 0 Å². The summed E-state index contributed by atoms with van der Waals surface area (Å²) >= 11 is 0. The maximum Gasteiger partial charge on any atom is 1.00 e. The standard InChI is InChI=1S/C17H32N2.Li.H/c1-16(2,3)18-10-14-12-7-8-13(9-12)15(14)11-19-17(4,5)6;;/h7-8,12-15,18-19H,9-11H2,1-6H3;;/q;+1;-1. The van der Waals surface area contributed by atoms with E-state index in [9.17, 15) is 0 Å². The molecule has 3 heteroatoms. The van der Waals surface area contributed by atoms with E-state index in [0.717, 1.165) is 36.8 Å². The summed E-state index contributed by atoms with van der Waals surface area (Å²) < 4.78 is 0. The number of rotatable bonds is 4. The third-order valence-electron chi connectivity index (χ3n) is 4.54. The minimum absolute atomic E-state index is 0. The minimum atomic E-state index is 0. The first-order valence-corrected chi connectivity index (χ1v) is 7.84. The second-order valence-corrected chi connectivity index (χ2v) is 8.54. The van der Waals surface area contributed by atoms with E-state index < -0.39 is 0 Å². The van der Waals surface area contributed by atoms with Gasteiger partial charge in [-0.2, -0.15) is 0 Å². The first-order valence-electron chi connectivity index (χ1n) is 7.84. The summed E-state index contributed by atoms with van der Waals surface area (Å²) in [6.45, 7) is 15.9. The largest absolute Gasteiger partial charge is 1.00 e. The normalized spacial score (nSPS) is 32.5. The van der Waals surface area contributed by atoms with Gasteiger partial charge in [0.1, 0.15) is 0 Å². The van der Waals surface area contributed by atoms with Crippen molar-refractivity contribution < 1.29 is 20.3 Å². The van der Waals surface area contributed by atoms with Gasteiger partial charge in [-0.25, -0.2) is 0 Å². The van der Waals surface area contributed by atoms with Crippen LogP contribution in [0, 0.1) is 23.7 Å². The second kappa shape index (κ2) is 6.57. The van der Waals surface area contributed by atoms with Gasteiger partial charge in [-0.05, 0) is 84.7 Å². The smallest absolute Gasteiger partial charge is 1.00 e. The van der Waals surface area contributed by atoms with Gasteiger partial charge in [0.2, 0.25) is 0 Å². The molecule has 0 aromatic rings. The quantitative estimate of drug-likeness (QED) is 0.569. The average Bonchev–Trinajstić information content (AvgIpc) is 2.81. The van der Waals surface area contributed by atoms with Gasteiger partial charge in [0.15, 0.2) is 0 Å². The first-order chi connectivity index (χ1) is 8.66. The second-order valence-electron chi connectivity index (χ2n) is 8.54.